The SMILES string of the molecule is O=C(Nc1ccc(N2CCOCC2)cc1)c1ccc(-c2ccccc2O)s1. The molecule has 0 radical (unpaired) electrons. The standard InChI is InChI=1S/C21H20N2O3S/c24-18-4-2-1-3-17(18)19-9-10-20(27-19)21(25)22-15-5-7-16(8-6-15)23-11-13-26-14-12-23/h1-10,24H,11-14H2,(H,22,25). The molecule has 4 rings (SSSR count). The van der Waals surface area contributed by atoms with Crippen molar-refractivity contribution in [1.82, 2.24) is 0 Å². The molecule has 0 atom stereocenters. The number of morpholine rings is 1. The minimum absolute atomic E-state index is 0.152. The lowest BCUT2D eigenvalue weighted by atomic mass is 10.1. The van der Waals surface area contributed by atoms with Crippen molar-refractivity contribution in [3.05, 3.63) is 65.5 Å². The van der Waals surface area contributed by atoms with Crippen LogP contribution in [0, 0.1) is 0 Å². The Hall–Kier alpha value is -2.83. The first-order valence-corrected chi connectivity index (χ1v) is 9.65. The Labute approximate surface area is 161 Å². The third kappa shape index (κ3) is 3.97. The third-order valence-corrected chi connectivity index (χ3v) is 5.62. The topological polar surface area (TPSA) is 61.8 Å². The van der Waals surface area contributed by atoms with Crippen LogP contribution >= 0.6 is 11.3 Å². The first-order valence-electron chi connectivity index (χ1n) is 8.83. The molecule has 138 valence electrons. The molecule has 1 aromatic heterocycles. The molecule has 2 N–H and O–H groups in total. The molecule has 0 bridgehead atoms. The van der Waals surface area contributed by atoms with Crippen molar-refractivity contribution in [3.63, 3.8) is 0 Å². The van der Waals surface area contributed by atoms with Gasteiger partial charge < -0.3 is 20.1 Å². The van der Waals surface area contributed by atoms with Gasteiger partial charge in [-0.3, -0.25) is 4.79 Å². The maximum atomic E-state index is 12.5. The molecule has 0 unspecified atom stereocenters. The van der Waals surface area contributed by atoms with Crippen LogP contribution in [0.15, 0.2) is 60.7 Å². The number of amides is 1. The fraction of sp³-hybridized carbons (Fsp3) is 0.190. The number of hydrogen-bond acceptors (Lipinski definition) is 5. The summed E-state index contributed by atoms with van der Waals surface area (Å²) in [7, 11) is 0. The molecule has 27 heavy (non-hydrogen) atoms. The number of para-hydroxylation sites is 1. The second-order valence-electron chi connectivity index (χ2n) is 6.28. The fourth-order valence-corrected chi connectivity index (χ4v) is 3.99. The quantitative estimate of drug-likeness (QED) is 0.712. The van der Waals surface area contributed by atoms with Crippen LogP contribution < -0.4 is 10.2 Å². The minimum atomic E-state index is -0.152. The molecule has 1 aliphatic rings. The first kappa shape index (κ1) is 17.6. The Bertz CT molecular complexity index is 931. The van der Waals surface area contributed by atoms with Gasteiger partial charge in [0.15, 0.2) is 0 Å². The number of thiophene rings is 1. The summed E-state index contributed by atoms with van der Waals surface area (Å²) in [6.45, 7) is 3.26. The summed E-state index contributed by atoms with van der Waals surface area (Å²) < 4.78 is 5.37. The van der Waals surface area contributed by atoms with Crippen molar-refractivity contribution in [2.75, 3.05) is 36.5 Å². The highest BCUT2D eigenvalue weighted by atomic mass is 32.1. The minimum Gasteiger partial charge on any atom is -0.507 e. The van der Waals surface area contributed by atoms with Gasteiger partial charge in [0.25, 0.3) is 5.91 Å². The highest BCUT2D eigenvalue weighted by Crippen LogP contribution is 2.34. The van der Waals surface area contributed by atoms with E-state index in [2.05, 4.69) is 10.2 Å². The second kappa shape index (κ2) is 7.82. The summed E-state index contributed by atoms with van der Waals surface area (Å²) in [5.41, 5.74) is 2.63. The van der Waals surface area contributed by atoms with E-state index >= 15 is 0 Å². The van der Waals surface area contributed by atoms with Gasteiger partial charge in [-0.25, -0.2) is 0 Å². The van der Waals surface area contributed by atoms with E-state index in [0.29, 0.717) is 4.88 Å². The Morgan fingerprint density at radius 1 is 1.00 bits per heavy atom. The molecular formula is C21H20N2O3S. The Balaban J connectivity index is 1.44. The summed E-state index contributed by atoms with van der Waals surface area (Å²) in [5, 5.41) is 12.9. The molecule has 0 spiro atoms. The van der Waals surface area contributed by atoms with Gasteiger partial charge in [0.1, 0.15) is 5.75 Å². The molecule has 1 aliphatic heterocycles. The largest absolute Gasteiger partial charge is 0.507 e. The lowest BCUT2D eigenvalue weighted by Crippen LogP contribution is -2.36. The van der Waals surface area contributed by atoms with Crippen LogP contribution in [0.1, 0.15) is 9.67 Å². The molecule has 3 aromatic rings. The summed E-state index contributed by atoms with van der Waals surface area (Å²) in [5.74, 6) is 0.0609. The number of carbonyl (C=O) groups is 1. The number of benzene rings is 2. The van der Waals surface area contributed by atoms with E-state index in [1.807, 2.05) is 42.5 Å². The second-order valence-corrected chi connectivity index (χ2v) is 7.37. The third-order valence-electron chi connectivity index (χ3n) is 4.50. The lowest BCUT2D eigenvalue weighted by molar-refractivity contribution is 0.103. The maximum Gasteiger partial charge on any atom is 0.265 e. The van der Waals surface area contributed by atoms with Crippen LogP contribution in [-0.2, 0) is 4.74 Å². The number of phenols is 1. The normalized spacial score (nSPS) is 14.1. The van der Waals surface area contributed by atoms with Gasteiger partial charge in [-0.15, -0.1) is 11.3 Å². The molecule has 6 heteroatoms. The number of hydrogen-bond donors (Lipinski definition) is 2. The van der Waals surface area contributed by atoms with Crippen LogP contribution in [0.25, 0.3) is 10.4 Å². The summed E-state index contributed by atoms with van der Waals surface area (Å²) in [6.07, 6.45) is 0. The fourth-order valence-electron chi connectivity index (χ4n) is 3.06. The van der Waals surface area contributed by atoms with Crippen molar-refractivity contribution in [1.29, 1.82) is 0 Å². The van der Waals surface area contributed by atoms with Gasteiger partial charge in [0, 0.05) is 34.9 Å². The zero-order valence-corrected chi connectivity index (χ0v) is 15.5. The highest BCUT2D eigenvalue weighted by Gasteiger charge is 2.14. The predicted molar refractivity (Wildman–Crippen MR) is 109 cm³/mol. The maximum absolute atomic E-state index is 12.5. The van der Waals surface area contributed by atoms with E-state index in [1.54, 1.807) is 18.2 Å². The van der Waals surface area contributed by atoms with Crippen molar-refractivity contribution in [3.8, 4) is 16.2 Å². The zero-order chi connectivity index (χ0) is 18.6. The van der Waals surface area contributed by atoms with Crippen molar-refractivity contribution < 1.29 is 14.6 Å². The van der Waals surface area contributed by atoms with Crippen LogP contribution in [0.3, 0.4) is 0 Å². The molecule has 1 fully saturated rings. The number of ether oxygens (including phenoxy) is 1. The average Bonchev–Trinajstić information content (AvgIpc) is 3.20. The molecule has 5 nitrogen and oxygen atoms in total. The Kier molecular flexibility index (Phi) is 5.09. The predicted octanol–water partition coefficient (Wildman–Crippen LogP) is 4.21. The number of aromatic hydroxyl groups is 1. The number of phenolic OH excluding ortho intramolecular Hbond substituents is 1. The van der Waals surface area contributed by atoms with E-state index in [0.717, 1.165) is 48.1 Å². The summed E-state index contributed by atoms with van der Waals surface area (Å²) in [4.78, 5) is 16.3. The van der Waals surface area contributed by atoms with Gasteiger partial charge in [-0.1, -0.05) is 12.1 Å². The molecule has 1 saturated heterocycles. The van der Waals surface area contributed by atoms with E-state index < -0.39 is 0 Å². The molecule has 0 saturated carbocycles. The van der Waals surface area contributed by atoms with Crippen LogP contribution in [0.2, 0.25) is 0 Å². The van der Waals surface area contributed by atoms with Crippen molar-refractivity contribution in [2.45, 2.75) is 0 Å². The number of rotatable bonds is 4. The number of anilines is 2. The molecular weight excluding hydrogens is 360 g/mol. The van der Waals surface area contributed by atoms with Gasteiger partial charge in [-0.2, -0.15) is 0 Å². The van der Waals surface area contributed by atoms with Gasteiger partial charge in [0.2, 0.25) is 0 Å². The average molecular weight is 380 g/mol. The smallest absolute Gasteiger partial charge is 0.265 e. The number of nitrogens with one attached hydrogen (secondary N) is 1. The Morgan fingerprint density at radius 2 is 1.74 bits per heavy atom. The molecule has 0 aliphatic carbocycles. The van der Waals surface area contributed by atoms with Crippen molar-refractivity contribution >= 4 is 28.6 Å². The number of carbonyl (C=O) groups excluding carboxylic acids is 1. The summed E-state index contributed by atoms with van der Waals surface area (Å²) in [6, 6.07) is 18.6. The van der Waals surface area contributed by atoms with Crippen molar-refractivity contribution in [2.24, 2.45) is 0 Å². The van der Waals surface area contributed by atoms with E-state index in [9.17, 15) is 9.90 Å². The lowest BCUT2D eigenvalue weighted by Gasteiger charge is -2.28. The first-order chi connectivity index (χ1) is 13.2. The summed E-state index contributed by atoms with van der Waals surface area (Å²) >= 11 is 1.36. The zero-order valence-electron chi connectivity index (χ0n) is 14.7. The molecule has 1 amide bonds. The van der Waals surface area contributed by atoms with Crippen LogP contribution in [0.4, 0.5) is 11.4 Å². The van der Waals surface area contributed by atoms with Crippen LogP contribution in [-0.4, -0.2) is 37.3 Å². The van der Waals surface area contributed by atoms with Gasteiger partial charge >= 0.3 is 0 Å². The highest BCUT2D eigenvalue weighted by molar-refractivity contribution is 7.17. The Morgan fingerprint density at radius 3 is 2.48 bits per heavy atom. The number of nitrogens with zero attached hydrogens (tertiary/aromatic N) is 1. The van der Waals surface area contributed by atoms with E-state index in [1.165, 1.54) is 11.3 Å². The van der Waals surface area contributed by atoms with E-state index in [4.69, 9.17) is 4.74 Å². The van der Waals surface area contributed by atoms with Crippen LogP contribution in [0.5, 0.6) is 5.75 Å². The molecule has 2 heterocycles. The van der Waals surface area contributed by atoms with Gasteiger partial charge in [-0.05, 0) is 48.5 Å². The van der Waals surface area contributed by atoms with Gasteiger partial charge in [0.05, 0.1) is 18.1 Å². The monoisotopic (exact) mass is 380 g/mol. The molecule has 2 aromatic carbocycles. The van der Waals surface area contributed by atoms with E-state index in [-0.39, 0.29) is 11.7 Å².